The van der Waals surface area contributed by atoms with Crippen molar-refractivity contribution < 1.29 is 4.79 Å². The van der Waals surface area contributed by atoms with Crippen LogP contribution in [0.1, 0.15) is 13.3 Å². The molecule has 116 valence electrons. The predicted octanol–water partition coefficient (Wildman–Crippen LogP) is 2.48. The number of benzene rings is 1. The van der Waals surface area contributed by atoms with E-state index in [9.17, 15) is 4.79 Å². The summed E-state index contributed by atoms with van der Waals surface area (Å²) in [5.41, 5.74) is 0. The Balaban J connectivity index is 1.69. The summed E-state index contributed by atoms with van der Waals surface area (Å²) in [5.74, 6) is 1.02. The Bertz CT molecular complexity index is 645. The molecule has 1 saturated heterocycles. The van der Waals surface area contributed by atoms with Crippen LogP contribution in [-0.2, 0) is 0 Å². The number of pyridine rings is 1. The third-order valence-electron chi connectivity index (χ3n) is 4.05. The zero-order chi connectivity index (χ0) is 15.4. The largest absolute Gasteiger partial charge is 0.353 e. The third kappa shape index (κ3) is 2.98. The molecule has 0 spiro atoms. The molecule has 1 N–H and O–H groups in total. The van der Waals surface area contributed by atoms with E-state index in [1.165, 1.54) is 10.8 Å². The summed E-state index contributed by atoms with van der Waals surface area (Å²) in [5, 5.41) is 5.32. The molecule has 0 bridgehead atoms. The highest BCUT2D eigenvalue weighted by atomic mass is 16.2. The number of hydrogen-bond donors (Lipinski definition) is 1. The number of carbonyl (C=O) groups excluding carboxylic acids is 1. The van der Waals surface area contributed by atoms with Crippen molar-refractivity contribution in [3.05, 3.63) is 36.5 Å². The first-order valence-corrected chi connectivity index (χ1v) is 7.91. The van der Waals surface area contributed by atoms with Crippen molar-refractivity contribution in [2.75, 3.05) is 37.6 Å². The van der Waals surface area contributed by atoms with Gasteiger partial charge in [-0.05, 0) is 17.9 Å². The predicted molar refractivity (Wildman–Crippen MR) is 89.2 cm³/mol. The molecule has 2 heterocycles. The van der Waals surface area contributed by atoms with Crippen molar-refractivity contribution in [1.82, 2.24) is 15.2 Å². The van der Waals surface area contributed by atoms with Gasteiger partial charge in [-0.25, -0.2) is 9.78 Å². The molecule has 0 unspecified atom stereocenters. The first kappa shape index (κ1) is 14.6. The maximum absolute atomic E-state index is 12.0. The zero-order valence-corrected chi connectivity index (χ0v) is 13.0. The molecule has 5 heteroatoms. The number of amides is 2. The molecule has 0 saturated carbocycles. The number of anilines is 1. The fraction of sp³-hybridized carbons (Fsp3) is 0.412. The number of nitrogens with one attached hydrogen (secondary N) is 1. The summed E-state index contributed by atoms with van der Waals surface area (Å²) in [7, 11) is 0. The Kier molecular flexibility index (Phi) is 4.42. The van der Waals surface area contributed by atoms with Gasteiger partial charge >= 0.3 is 6.03 Å². The Morgan fingerprint density at radius 3 is 2.73 bits per heavy atom. The van der Waals surface area contributed by atoms with Crippen LogP contribution in [0.15, 0.2) is 36.5 Å². The lowest BCUT2D eigenvalue weighted by atomic mass is 10.1. The normalized spacial score (nSPS) is 15.1. The minimum atomic E-state index is 0.0485. The maximum atomic E-state index is 12.0. The quantitative estimate of drug-likeness (QED) is 0.947. The van der Waals surface area contributed by atoms with Gasteiger partial charge in [-0.2, -0.15) is 0 Å². The third-order valence-corrected chi connectivity index (χ3v) is 4.05. The molecule has 1 fully saturated rings. The summed E-state index contributed by atoms with van der Waals surface area (Å²) in [4.78, 5) is 20.7. The van der Waals surface area contributed by atoms with E-state index in [0.717, 1.165) is 45.0 Å². The van der Waals surface area contributed by atoms with E-state index in [1.54, 1.807) is 0 Å². The molecule has 1 aromatic carbocycles. The minimum Gasteiger partial charge on any atom is -0.353 e. The standard InChI is InChI=1S/C17H22N4O/c1-2-8-19-17(22)21-12-10-20(11-13-21)16-15-6-4-3-5-14(15)7-9-18-16/h3-7,9H,2,8,10-13H2,1H3,(H,19,22). The van der Waals surface area contributed by atoms with Crippen LogP contribution in [-0.4, -0.2) is 48.6 Å². The highest BCUT2D eigenvalue weighted by Gasteiger charge is 2.22. The van der Waals surface area contributed by atoms with Gasteiger partial charge in [0.15, 0.2) is 0 Å². The number of carbonyl (C=O) groups is 1. The van der Waals surface area contributed by atoms with E-state index in [1.807, 2.05) is 29.3 Å². The highest BCUT2D eigenvalue weighted by molar-refractivity contribution is 5.92. The van der Waals surface area contributed by atoms with Crippen LogP contribution in [0.5, 0.6) is 0 Å². The van der Waals surface area contributed by atoms with Crippen molar-refractivity contribution in [2.45, 2.75) is 13.3 Å². The summed E-state index contributed by atoms with van der Waals surface area (Å²) < 4.78 is 0. The first-order chi connectivity index (χ1) is 10.8. The lowest BCUT2D eigenvalue weighted by Crippen LogP contribution is -2.52. The molecular weight excluding hydrogens is 276 g/mol. The van der Waals surface area contributed by atoms with Crippen molar-refractivity contribution in [1.29, 1.82) is 0 Å². The van der Waals surface area contributed by atoms with Gasteiger partial charge in [0.1, 0.15) is 5.82 Å². The SMILES string of the molecule is CCCNC(=O)N1CCN(c2nccc3ccccc23)CC1. The average Bonchev–Trinajstić information content (AvgIpc) is 2.59. The molecule has 3 rings (SSSR count). The molecule has 2 amide bonds. The lowest BCUT2D eigenvalue weighted by Gasteiger charge is -2.35. The minimum absolute atomic E-state index is 0.0485. The van der Waals surface area contributed by atoms with Gasteiger partial charge in [0.25, 0.3) is 0 Å². The Morgan fingerprint density at radius 1 is 1.18 bits per heavy atom. The van der Waals surface area contributed by atoms with Gasteiger partial charge in [0, 0.05) is 44.3 Å². The van der Waals surface area contributed by atoms with Crippen LogP contribution in [0.3, 0.4) is 0 Å². The second kappa shape index (κ2) is 6.64. The number of hydrogen-bond acceptors (Lipinski definition) is 3. The van der Waals surface area contributed by atoms with Crippen LogP contribution in [0, 0.1) is 0 Å². The van der Waals surface area contributed by atoms with Gasteiger partial charge in [-0.15, -0.1) is 0 Å². The van der Waals surface area contributed by atoms with E-state index in [-0.39, 0.29) is 6.03 Å². The number of rotatable bonds is 3. The van der Waals surface area contributed by atoms with E-state index in [0.29, 0.717) is 0 Å². The van der Waals surface area contributed by atoms with E-state index < -0.39 is 0 Å². The second-order valence-corrected chi connectivity index (χ2v) is 5.56. The van der Waals surface area contributed by atoms with Gasteiger partial charge < -0.3 is 15.1 Å². The van der Waals surface area contributed by atoms with E-state index in [4.69, 9.17) is 0 Å². The average molecular weight is 298 g/mol. The fourth-order valence-corrected chi connectivity index (χ4v) is 2.82. The highest BCUT2D eigenvalue weighted by Crippen LogP contribution is 2.24. The van der Waals surface area contributed by atoms with Crippen LogP contribution < -0.4 is 10.2 Å². The molecule has 1 aromatic heterocycles. The van der Waals surface area contributed by atoms with Crippen molar-refractivity contribution in [2.24, 2.45) is 0 Å². The molecule has 2 aromatic rings. The van der Waals surface area contributed by atoms with Crippen molar-refractivity contribution in [3.63, 3.8) is 0 Å². The van der Waals surface area contributed by atoms with Crippen LogP contribution in [0.4, 0.5) is 10.6 Å². The smallest absolute Gasteiger partial charge is 0.317 e. The topological polar surface area (TPSA) is 48.5 Å². The number of piperazine rings is 1. The van der Waals surface area contributed by atoms with Crippen LogP contribution in [0.25, 0.3) is 10.8 Å². The summed E-state index contributed by atoms with van der Waals surface area (Å²) in [6.07, 6.45) is 2.82. The molecular formula is C17H22N4O. The van der Waals surface area contributed by atoms with Gasteiger partial charge in [0.2, 0.25) is 0 Å². The van der Waals surface area contributed by atoms with Crippen molar-refractivity contribution in [3.8, 4) is 0 Å². The Labute approximate surface area is 130 Å². The number of nitrogens with zero attached hydrogens (tertiary/aromatic N) is 3. The van der Waals surface area contributed by atoms with E-state index in [2.05, 4.69) is 34.3 Å². The molecule has 0 atom stereocenters. The number of fused-ring (bicyclic) bond motifs is 1. The molecule has 1 aliphatic heterocycles. The van der Waals surface area contributed by atoms with Gasteiger partial charge in [-0.1, -0.05) is 31.2 Å². The first-order valence-electron chi connectivity index (χ1n) is 7.91. The maximum Gasteiger partial charge on any atom is 0.317 e. The molecule has 5 nitrogen and oxygen atoms in total. The molecule has 0 aliphatic carbocycles. The summed E-state index contributed by atoms with van der Waals surface area (Å²) >= 11 is 0. The number of urea groups is 1. The summed E-state index contributed by atoms with van der Waals surface area (Å²) in [6, 6.07) is 10.4. The number of aromatic nitrogens is 1. The monoisotopic (exact) mass is 298 g/mol. The molecule has 0 radical (unpaired) electrons. The van der Waals surface area contributed by atoms with Gasteiger partial charge in [0.05, 0.1) is 0 Å². The summed E-state index contributed by atoms with van der Waals surface area (Å²) in [6.45, 7) is 5.91. The van der Waals surface area contributed by atoms with Crippen LogP contribution in [0.2, 0.25) is 0 Å². The fourth-order valence-electron chi connectivity index (χ4n) is 2.82. The Hall–Kier alpha value is -2.30. The van der Waals surface area contributed by atoms with E-state index >= 15 is 0 Å². The Morgan fingerprint density at radius 2 is 1.95 bits per heavy atom. The molecule has 1 aliphatic rings. The molecule has 22 heavy (non-hydrogen) atoms. The van der Waals surface area contributed by atoms with Crippen LogP contribution >= 0.6 is 0 Å². The lowest BCUT2D eigenvalue weighted by molar-refractivity contribution is 0.194. The van der Waals surface area contributed by atoms with Gasteiger partial charge in [-0.3, -0.25) is 0 Å². The van der Waals surface area contributed by atoms with Crippen molar-refractivity contribution >= 4 is 22.6 Å². The second-order valence-electron chi connectivity index (χ2n) is 5.56. The zero-order valence-electron chi connectivity index (χ0n) is 13.0.